The van der Waals surface area contributed by atoms with Crippen LogP contribution in [0.2, 0.25) is 0 Å². The van der Waals surface area contributed by atoms with E-state index in [9.17, 15) is 4.79 Å². The number of aromatic nitrogens is 2. The summed E-state index contributed by atoms with van der Waals surface area (Å²) in [5.41, 5.74) is 1.22. The van der Waals surface area contributed by atoms with Crippen molar-refractivity contribution in [3.63, 3.8) is 0 Å². The molecule has 5 nitrogen and oxygen atoms in total. The molecular weight excluding hydrogens is 350 g/mol. The normalized spacial score (nSPS) is 11.7. The molecule has 26 heavy (non-hydrogen) atoms. The van der Waals surface area contributed by atoms with Crippen LogP contribution in [0.3, 0.4) is 0 Å². The van der Waals surface area contributed by atoms with Crippen molar-refractivity contribution in [1.82, 2.24) is 14.9 Å². The number of carbonyl (C=O) groups is 1. The molecule has 134 valence electrons. The van der Waals surface area contributed by atoms with Crippen molar-refractivity contribution >= 4 is 17.5 Å². The van der Waals surface area contributed by atoms with Crippen LogP contribution in [0, 0.1) is 0 Å². The van der Waals surface area contributed by atoms with Crippen molar-refractivity contribution < 1.29 is 9.53 Å². The Morgan fingerprint density at radius 2 is 1.92 bits per heavy atom. The number of benzene rings is 2. The molecule has 0 fully saturated rings. The molecule has 3 aromatic rings. The molecule has 0 saturated heterocycles. The van der Waals surface area contributed by atoms with Crippen LogP contribution in [-0.4, -0.2) is 27.6 Å². The van der Waals surface area contributed by atoms with E-state index in [0.717, 1.165) is 12.1 Å². The lowest BCUT2D eigenvalue weighted by molar-refractivity contribution is 0.0952. The zero-order chi connectivity index (χ0) is 18.2. The van der Waals surface area contributed by atoms with E-state index in [0.29, 0.717) is 24.3 Å². The minimum Gasteiger partial charge on any atom is -0.475 e. The summed E-state index contributed by atoms with van der Waals surface area (Å²) < 4.78 is 7.62. The number of ether oxygens (including phenoxy) is 1. The van der Waals surface area contributed by atoms with Crippen LogP contribution in [0.25, 0.3) is 5.69 Å². The van der Waals surface area contributed by atoms with Crippen LogP contribution >= 0.6 is 11.6 Å². The third-order valence-corrected chi connectivity index (χ3v) is 4.14. The number of rotatable bonds is 8. The average Bonchev–Trinajstić information content (AvgIpc) is 3.21. The topological polar surface area (TPSA) is 56.1 Å². The summed E-state index contributed by atoms with van der Waals surface area (Å²) in [6.07, 6.45) is 6.73. The maximum absolute atomic E-state index is 11.9. The van der Waals surface area contributed by atoms with Crippen molar-refractivity contribution in [3.8, 4) is 11.4 Å². The standard InChI is InChI=1S/C20H20ClN3O2/c21-19(7-4-12-23-20(25)16-5-2-1-3-6-16)26-18-10-8-17(9-11-18)24-14-13-22-15-24/h1-3,5-6,8-11,13-15,19H,4,7,12H2,(H,23,25). The summed E-state index contributed by atoms with van der Waals surface area (Å²) in [6, 6.07) is 16.8. The zero-order valence-electron chi connectivity index (χ0n) is 14.2. The molecule has 0 aliphatic heterocycles. The molecule has 1 aromatic heterocycles. The highest BCUT2D eigenvalue weighted by Gasteiger charge is 2.08. The number of halogens is 1. The second-order valence-electron chi connectivity index (χ2n) is 5.76. The second-order valence-corrected chi connectivity index (χ2v) is 6.24. The molecule has 0 saturated carbocycles. The molecule has 6 heteroatoms. The highest BCUT2D eigenvalue weighted by Crippen LogP contribution is 2.19. The fourth-order valence-corrected chi connectivity index (χ4v) is 2.73. The Kier molecular flexibility index (Phi) is 6.28. The van der Waals surface area contributed by atoms with Gasteiger partial charge >= 0.3 is 0 Å². The number of imidazole rings is 1. The first-order chi connectivity index (χ1) is 12.7. The van der Waals surface area contributed by atoms with Gasteiger partial charge in [-0.2, -0.15) is 0 Å². The molecule has 0 aliphatic rings. The van der Waals surface area contributed by atoms with E-state index < -0.39 is 5.56 Å². The molecule has 1 unspecified atom stereocenters. The summed E-state index contributed by atoms with van der Waals surface area (Å²) in [5, 5.41) is 2.88. The minimum atomic E-state index is -0.442. The molecule has 0 radical (unpaired) electrons. The number of nitrogens with zero attached hydrogens (tertiary/aromatic N) is 2. The van der Waals surface area contributed by atoms with Crippen LogP contribution in [-0.2, 0) is 0 Å². The Balaban J connectivity index is 1.39. The summed E-state index contributed by atoms with van der Waals surface area (Å²) in [5.74, 6) is 0.634. The fourth-order valence-electron chi connectivity index (χ4n) is 2.47. The van der Waals surface area contributed by atoms with Gasteiger partial charge in [-0.05, 0) is 42.8 Å². The highest BCUT2D eigenvalue weighted by molar-refractivity contribution is 6.19. The summed E-state index contributed by atoms with van der Waals surface area (Å²) in [6.45, 7) is 0.555. The zero-order valence-corrected chi connectivity index (χ0v) is 15.0. The van der Waals surface area contributed by atoms with Crippen molar-refractivity contribution in [2.45, 2.75) is 18.4 Å². The van der Waals surface area contributed by atoms with Gasteiger partial charge in [-0.1, -0.05) is 29.8 Å². The summed E-state index contributed by atoms with van der Waals surface area (Å²) >= 11 is 6.24. The Hall–Kier alpha value is -2.79. The van der Waals surface area contributed by atoms with Gasteiger partial charge in [0, 0.05) is 36.6 Å². The molecule has 1 N–H and O–H groups in total. The van der Waals surface area contributed by atoms with Gasteiger partial charge in [-0.3, -0.25) is 4.79 Å². The fraction of sp³-hybridized carbons (Fsp3) is 0.200. The first-order valence-corrected chi connectivity index (χ1v) is 8.88. The smallest absolute Gasteiger partial charge is 0.251 e. The van der Waals surface area contributed by atoms with Crippen LogP contribution in [0.15, 0.2) is 73.3 Å². The number of nitrogens with one attached hydrogen (secondary N) is 1. The molecule has 0 aliphatic carbocycles. The van der Waals surface area contributed by atoms with Crippen LogP contribution < -0.4 is 10.1 Å². The Bertz CT molecular complexity index is 805. The Labute approximate surface area is 157 Å². The van der Waals surface area contributed by atoms with Gasteiger partial charge in [0.25, 0.3) is 5.91 Å². The molecule has 3 rings (SSSR count). The second kappa shape index (κ2) is 9.06. The molecular formula is C20H20ClN3O2. The highest BCUT2D eigenvalue weighted by atomic mass is 35.5. The summed E-state index contributed by atoms with van der Waals surface area (Å²) in [4.78, 5) is 16.0. The van der Waals surface area contributed by atoms with Crippen molar-refractivity contribution in [2.75, 3.05) is 6.54 Å². The van der Waals surface area contributed by atoms with Crippen molar-refractivity contribution in [1.29, 1.82) is 0 Å². The van der Waals surface area contributed by atoms with Crippen LogP contribution in [0.5, 0.6) is 5.75 Å². The molecule has 0 spiro atoms. The van der Waals surface area contributed by atoms with Gasteiger partial charge in [-0.25, -0.2) is 4.98 Å². The lowest BCUT2D eigenvalue weighted by Crippen LogP contribution is -2.25. The SMILES string of the molecule is O=C(NCCCC(Cl)Oc1ccc(-n2ccnc2)cc1)c1ccccc1. The molecule has 2 aromatic carbocycles. The first-order valence-electron chi connectivity index (χ1n) is 8.45. The monoisotopic (exact) mass is 369 g/mol. The van der Waals surface area contributed by atoms with Gasteiger partial charge in [0.15, 0.2) is 5.56 Å². The maximum Gasteiger partial charge on any atom is 0.251 e. The van der Waals surface area contributed by atoms with Gasteiger partial charge < -0.3 is 14.6 Å². The number of alkyl halides is 1. The third-order valence-electron chi connectivity index (χ3n) is 3.83. The van der Waals surface area contributed by atoms with Crippen LogP contribution in [0.4, 0.5) is 0 Å². The number of carbonyl (C=O) groups excluding carboxylic acids is 1. The molecule has 1 amide bonds. The van der Waals surface area contributed by atoms with Gasteiger partial charge in [0.05, 0.1) is 6.33 Å². The summed E-state index contributed by atoms with van der Waals surface area (Å²) in [7, 11) is 0. The lowest BCUT2D eigenvalue weighted by atomic mass is 10.2. The first kappa shape index (κ1) is 18.0. The van der Waals surface area contributed by atoms with Crippen molar-refractivity contribution in [2.24, 2.45) is 0 Å². The van der Waals surface area contributed by atoms with E-state index >= 15 is 0 Å². The predicted molar refractivity (Wildman–Crippen MR) is 102 cm³/mol. The van der Waals surface area contributed by atoms with Crippen molar-refractivity contribution in [3.05, 3.63) is 78.9 Å². The van der Waals surface area contributed by atoms with Crippen LogP contribution in [0.1, 0.15) is 23.2 Å². The largest absolute Gasteiger partial charge is 0.475 e. The number of amides is 1. The van der Waals surface area contributed by atoms with E-state index in [4.69, 9.17) is 16.3 Å². The quantitative estimate of drug-likeness (QED) is 0.482. The maximum atomic E-state index is 11.9. The van der Waals surface area contributed by atoms with Gasteiger partial charge in [-0.15, -0.1) is 0 Å². The van der Waals surface area contributed by atoms with E-state index in [1.54, 1.807) is 24.7 Å². The molecule has 1 heterocycles. The van der Waals surface area contributed by atoms with Gasteiger partial charge in [0.2, 0.25) is 0 Å². The Morgan fingerprint density at radius 3 is 2.62 bits per heavy atom. The number of hydrogen-bond acceptors (Lipinski definition) is 3. The lowest BCUT2D eigenvalue weighted by Gasteiger charge is -2.13. The van der Waals surface area contributed by atoms with Gasteiger partial charge in [0.1, 0.15) is 5.75 Å². The molecule has 0 bridgehead atoms. The molecule has 1 atom stereocenters. The predicted octanol–water partition coefficient (Wildman–Crippen LogP) is 4.03. The van der Waals surface area contributed by atoms with E-state index in [2.05, 4.69) is 10.3 Å². The number of hydrogen-bond donors (Lipinski definition) is 1. The van der Waals surface area contributed by atoms with E-state index in [1.165, 1.54) is 0 Å². The minimum absolute atomic E-state index is 0.0762. The average molecular weight is 370 g/mol. The third kappa shape index (κ3) is 5.10. The van der Waals surface area contributed by atoms with E-state index in [1.807, 2.05) is 53.2 Å². The Morgan fingerprint density at radius 1 is 1.15 bits per heavy atom. The van der Waals surface area contributed by atoms with E-state index in [-0.39, 0.29) is 5.91 Å².